The molecule has 0 atom stereocenters. The molecule has 6 heteroatoms. The number of anilines is 3. The van der Waals surface area contributed by atoms with Crippen molar-refractivity contribution in [2.45, 2.75) is 6.54 Å². The Kier molecular flexibility index (Phi) is 5.42. The summed E-state index contributed by atoms with van der Waals surface area (Å²) in [5.41, 5.74) is 3.88. The molecule has 1 heterocycles. The van der Waals surface area contributed by atoms with Gasteiger partial charge in [0.05, 0.1) is 25.4 Å². The number of nitrogens with zero attached hydrogens (tertiary/aromatic N) is 2. The van der Waals surface area contributed by atoms with Crippen LogP contribution in [-0.2, 0) is 6.54 Å². The van der Waals surface area contributed by atoms with Crippen LogP contribution in [0.15, 0.2) is 73.1 Å². The number of hydrogen-bond acceptors (Lipinski definition) is 6. The van der Waals surface area contributed by atoms with E-state index in [9.17, 15) is 0 Å². The van der Waals surface area contributed by atoms with E-state index in [-0.39, 0.29) is 0 Å². The lowest BCUT2D eigenvalue weighted by Crippen LogP contribution is -2.03. The summed E-state index contributed by atoms with van der Waals surface area (Å²) in [6.07, 6.45) is 1.58. The van der Waals surface area contributed by atoms with E-state index in [0.29, 0.717) is 6.54 Å². The van der Waals surface area contributed by atoms with E-state index < -0.39 is 0 Å². The van der Waals surface area contributed by atoms with Gasteiger partial charge in [-0.3, -0.25) is 0 Å². The topological polar surface area (TPSA) is 68.3 Å². The molecule has 6 nitrogen and oxygen atoms in total. The number of aromatic nitrogens is 2. The maximum atomic E-state index is 5.22. The fraction of sp³-hybridized carbons (Fsp3) is 0.130. The minimum Gasteiger partial charge on any atom is -0.497 e. The van der Waals surface area contributed by atoms with Gasteiger partial charge in [0.1, 0.15) is 23.6 Å². The number of fused-ring (bicyclic) bond motifs is 1. The standard InChI is InChI=1S/C23H22N4O2/c1-28-18-10-6-16(7-11-18)14-24-23-20-4-3-5-21(22(20)25-15-26-23)27-17-8-12-19(29-2)13-9-17/h3-13,15,27H,14H2,1-2H3,(H,24,25,26). The third-order valence-electron chi connectivity index (χ3n) is 4.65. The fourth-order valence-electron chi connectivity index (χ4n) is 3.09. The zero-order valence-electron chi connectivity index (χ0n) is 16.3. The molecule has 0 aliphatic heterocycles. The normalized spacial score (nSPS) is 10.6. The van der Waals surface area contributed by atoms with Crippen molar-refractivity contribution in [1.82, 2.24) is 9.97 Å². The third kappa shape index (κ3) is 4.21. The minimum atomic E-state index is 0.659. The summed E-state index contributed by atoms with van der Waals surface area (Å²) in [5.74, 6) is 2.46. The Hall–Kier alpha value is -3.80. The Balaban J connectivity index is 1.56. The molecule has 4 aromatic rings. The van der Waals surface area contributed by atoms with Crippen LogP contribution in [-0.4, -0.2) is 24.2 Å². The maximum Gasteiger partial charge on any atom is 0.137 e. The number of para-hydroxylation sites is 1. The molecule has 1 aromatic heterocycles. The molecule has 0 saturated carbocycles. The second-order valence-corrected chi connectivity index (χ2v) is 6.48. The summed E-state index contributed by atoms with van der Waals surface area (Å²) in [6, 6.07) is 21.8. The molecule has 0 bridgehead atoms. The van der Waals surface area contributed by atoms with Crippen LogP contribution >= 0.6 is 0 Å². The van der Waals surface area contributed by atoms with Crippen molar-refractivity contribution in [3.05, 3.63) is 78.6 Å². The van der Waals surface area contributed by atoms with Gasteiger partial charge in [0.15, 0.2) is 0 Å². The van der Waals surface area contributed by atoms with E-state index in [1.807, 2.05) is 66.7 Å². The highest BCUT2D eigenvalue weighted by molar-refractivity contribution is 5.98. The van der Waals surface area contributed by atoms with Gasteiger partial charge in [0, 0.05) is 17.6 Å². The first kappa shape index (κ1) is 18.6. The van der Waals surface area contributed by atoms with Gasteiger partial charge in [0.25, 0.3) is 0 Å². The summed E-state index contributed by atoms with van der Waals surface area (Å²) in [7, 11) is 3.32. The molecule has 0 aliphatic rings. The van der Waals surface area contributed by atoms with Crippen LogP contribution in [0.25, 0.3) is 10.9 Å². The van der Waals surface area contributed by atoms with Gasteiger partial charge in [-0.1, -0.05) is 18.2 Å². The average Bonchev–Trinajstić information content (AvgIpc) is 2.79. The second kappa shape index (κ2) is 8.48. The molecule has 146 valence electrons. The summed E-state index contributed by atoms with van der Waals surface area (Å²) in [5, 5.41) is 7.79. The van der Waals surface area contributed by atoms with E-state index in [2.05, 4.69) is 20.6 Å². The maximum absolute atomic E-state index is 5.22. The van der Waals surface area contributed by atoms with E-state index >= 15 is 0 Å². The van der Waals surface area contributed by atoms with Gasteiger partial charge < -0.3 is 20.1 Å². The van der Waals surface area contributed by atoms with Gasteiger partial charge >= 0.3 is 0 Å². The predicted octanol–water partition coefficient (Wildman–Crippen LogP) is 5.00. The van der Waals surface area contributed by atoms with Crippen molar-refractivity contribution in [3.8, 4) is 11.5 Å². The Bertz CT molecular complexity index is 1100. The molecule has 0 spiro atoms. The molecule has 4 rings (SSSR count). The second-order valence-electron chi connectivity index (χ2n) is 6.48. The Morgan fingerprint density at radius 2 is 1.48 bits per heavy atom. The van der Waals surface area contributed by atoms with Crippen LogP contribution in [0.4, 0.5) is 17.2 Å². The first-order valence-electron chi connectivity index (χ1n) is 9.28. The quantitative estimate of drug-likeness (QED) is 0.466. The Labute approximate surface area is 169 Å². The van der Waals surface area contributed by atoms with Gasteiger partial charge in [-0.25, -0.2) is 9.97 Å². The van der Waals surface area contributed by atoms with Gasteiger partial charge in [-0.15, -0.1) is 0 Å². The van der Waals surface area contributed by atoms with Crippen LogP contribution in [0.5, 0.6) is 11.5 Å². The van der Waals surface area contributed by atoms with Crippen LogP contribution in [0, 0.1) is 0 Å². The van der Waals surface area contributed by atoms with Crippen molar-refractivity contribution >= 4 is 28.1 Å². The highest BCUT2D eigenvalue weighted by Crippen LogP contribution is 2.29. The number of benzene rings is 3. The molecule has 0 fully saturated rings. The Morgan fingerprint density at radius 1 is 0.793 bits per heavy atom. The monoisotopic (exact) mass is 386 g/mol. The Morgan fingerprint density at radius 3 is 2.17 bits per heavy atom. The zero-order chi connectivity index (χ0) is 20.1. The number of rotatable bonds is 7. The number of hydrogen-bond donors (Lipinski definition) is 2. The molecule has 0 unspecified atom stereocenters. The lowest BCUT2D eigenvalue weighted by Gasteiger charge is -2.13. The average molecular weight is 386 g/mol. The molecule has 0 radical (unpaired) electrons. The van der Waals surface area contributed by atoms with Crippen molar-refractivity contribution in [3.63, 3.8) is 0 Å². The van der Waals surface area contributed by atoms with E-state index in [0.717, 1.165) is 45.2 Å². The predicted molar refractivity (Wildman–Crippen MR) is 116 cm³/mol. The summed E-state index contributed by atoms with van der Waals surface area (Å²) in [6.45, 7) is 0.659. The van der Waals surface area contributed by atoms with Crippen molar-refractivity contribution in [2.75, 3.05) is 24.9 Å². The molecule has 3 aromatic carbocycles. The van der Waals surface area contributed by atoms with E-state index in [1.165, 1.54) is 0 Å². The van der Waals surface area contributed by atoms with Crippen LogP contribution < -0.4 is 20.1 Å². The SMILES string of the molecule is COc1ccc(CNc2ncnc3c(Nc4ccc(OC)cc4)cccc23)cc1. The smallest absolute Gasteiger partial charge is 0.137 e. The lowest BCUT2D eigenvalue weighted by molar-refractivity contribution is 0.414. The van der Waals surface area contributed by atoms with Gasteiger partial charge in [-0.2, -0.15) is 0 Å². The largest absolute Gasteiger partial charge is 0.497 e. The molecule has 0 saturated heterocycles. The third-order valence-corrected chi connectivity index (χ3v) is 4.65. The number of nitrogens with one attached hydrogen (secondary N) is 2. The van der Waals surface area contributed by atoms with Crippen molar-refractivity contribution in [1.29, 1.82) is 0 Å². The van der Waals surface area contributed by atoms with E-state index in [1.54, 1.807) is 20.5 Å². The highest BCUT2D eigenvalue weighted by Gasteiger charge is 2.08. The number of methoxy groups -OCH3 is 2. The van der Waals surface area contributed by atoms with Crippen LogP contribution in [0.3, 0.4) is 0 Å². The number of ether oxygens (including phenoxy) is 2. The first-order chi connectivity index (χ1) is 14.3. The molecule has 29 heavy (non-hydrogen) atoms. The summed E-state index contributed by atoms with van der Waals surface area (Å²) < 4.78 is 10.4. The fourth-order valence-corrected chi connectivity index (χ4v) is 3.09. The molecule has 0 amide bonds. The molecule has 0 aliphatic carbocycles. The van der Waals surface area contributed by atoms with Crippen molar-refractivity contribution < 1.29 is 9.47 Å². The van der Waals surface area contributed by atoms with E-state index in [4.69, 9.17) is 9.47 Å². The minimum absolute atomic E-state index is 0.659. The highest BCUT2D eigenvalue weighted by atomic mass is 16.5. The van der Waals surface area contributed by atoms with Crippen LogP contribution in [0.1, 0.15) is 5.56 Å². The first-order valence-corrected chi connectivity index (χ1v) is 9.28. The molecule has 2 N–H and O–H groups in total. The van der Waals surface area contributed by atoms with Gasteiger partial charge in [0.2, 0.25) is 0 Å². The van der Waals surface area contributed by atoms with Crippen LogP contribution in [0.2, 0.25) is 0 Å². The summed E-state index contributed by atoms with van der Waals surface area (Å²) >= 11 is 0. The van der Waals surface area contributed by atoms with Gasteiger partial charge in [-0.05, 0) is 54.1 Å². The molecular formula is C23H22N4O2. The molecular weight excluding hydrogens is 364 g/mol. The zero-order valence-corrected chi connectivity index (χ0v) is 16.3. The summed E-state index contributed by atoms with van der Waals surface area (Å²) in [4.78, 5) is 8.93. The van der Waals surface area contributed by atoms with Crippen molar-refractivity contribution in [2.24, 2.45) is 0 Å². The lowest BCUT2D eigenvalue weighted by atomic mass is 10.1.